The second kappa shape index (κ2) is 11.6. The van der Waals surface area contributed by atoms with Gasteiger partial charge < -0.3 is 0 Å². The van der Waals surface area contributed by atoms with Crippen molar-refractivity contribution in [3.8, 4) is 0 Å². The van der Waals surface area contributed by atoms with E-state index in [2.05, 4.69) is 43.5 Å². The van der Waals surface area contributed by atoms with Gasteiger partial charge in [-0.05, 0) is 40.8 Å². The zero-order chi connectivity index (χ0) is 21.3. The van der Waals surface area contributed by atoms with Crippen molar-refractivity contribution < 1.29 is 14.4 Å². The molecule has 0 spiro atoms. The summed E-state index contributed by atoms with van der Waals surface area (Å²) in [6.45, 7) is 8.19. The minimum Gasteiger partial charge on any atom is -0.296 e. The predicted octanol–water partition coefficient (Wildman–Crippen LogP) is 4.37. The van der Waals surface area contributed by atoms with Gasteiger partial charge in [0.1, 0.15) is 5.04 Å². The summed E-state index contributed by atoms with van der Waals surface area (Å²) in [5.74, 6) is 0.0354. The van der Waals surface area contributed by atoms with Crippen LogP contribution in [-0.2, 0) is 15.0 Å². The standard InChI is InChI=1S/C18H28N4O3S3/c1-13(26-12-16(23)19-21(5)6)20-25-17(24)22(7)28-27-15-10-8-14(9-11-15)18(2,3)4/h8-11H,12H2,1-7H3,(H,19,23). The fourth-order valence-corrected chi connectivity index (χ4v) is 3.92. The predicted molar refractivity (Wildman–Crippen MR) is 120 cm³/mol. The van der Waals surface area contributed by atoms with Crippen LogP contribution in [0.15, 0.2) is 34.3 Å². The molecule has 0 unspecified atom stereocenters. The van der Waals surface area contributed by atoms with Gasteiger partial charge in [-0.25, -0.2) is 14.1 Å². The van der Waals surface area contributed by atoms with Crippen molar-refractivity contribution in [2.24, 2.45) is 5.16 Å². The number of thioether (sulfide) groups is 1. The van der Waals surface area contributed by atoms with Gasteiger partial charge in [0.25, 0.3) is 0 Å². The normalized spacial score (nSPS) is 12.1. The highest BCUT2D eigenvalue weighted by atomic mass is 33.1. The van der Waals surface area contributed by atoms with E-state index in [0.29, 0.717) is 5.04 Å². The molecule has 0 heterocycles. The minimum absolute atomic E-state index is 0.109. The Kier molecular flexibility index (Phi) is 10.2. The quantitative estimate of drug-likeness (QED) is 0.167. The third-order valence-electron chi connectivity index (χ3n) is 3.24. The number of amides is 2. The van der Waals surface area contributed by atoms with Gasteiger partial charge >= 0.3 is 6.09 Å². The summed E-state index contributed by atoms with van der Waals surface area (Å²) in [4.78, 5) is 29.5. The van der Waals surface area contributed by atoms with Crippen molar-refractivity contribution in [2.45, 2.75) is 38.0 Å². The molecule has 28 heavy (non-hydrogen) atoms. The first kappa shape index (κ1) is 24.7. The van der Waals surface area contributed by atoms with Crippen LogP contribution >= 0.6 is 33.5 Å². The summed E-state index contributed by atoms with van der Waals surface area (Å²) in [6, 6.07) is 8.27. The number of nitrogens with zero attached hydrogens (tertiary/aromatic N) is 3. The summed E-state index contributed by atoms with van der Waals surface area (Å²) in [7, 11) is 7.80. The Bertz CT molecular complexity index is 688. The Morgan fingerprint density at radius 2 is 1.75 bits per heavy atom. The second-order valence-corrected chi connectivity index (χ2v) is 10.6. The van der Waals surface area contributed by atoms with E-state index < -0.39 is 6.09 Å². The molecule has 1 aromatic carbocycles. The number of oxime groups is 1. The molecule has 156 valence electrons. The Labute approximate surface area is 179 Å². The molecule has 0 aliphatic heterocycles. The van der Waals surface area contributed by atoms with Crippen LogP contribution in [0.2, 0.25) is 0 Å². The zero-order valence-corrected chi connectivity index (χ0v) is 19.8. The van der Waals surface area contributed by atoms with E-state index in [1.54, 1.807) is 33.1 Å². The SMILES string of the molecule is CC(=NOC(=O)N(C)SSc1ccc(C(C)(C)C)cc1)SCC(=O)NN(C)C. The van der Waals surface area contributed by atoms with E-state index in [0.717, 1.165) is 4.90 Å². The van der Waals surface area contributed by atoms with E-state index in [1.165, 1.54) is 43.4 Å². The molecule has 2 amide bonds. The molecule has 1 aromatic rings. The molecule has 1 N–H and O–H groups in total. The second-order valence-electron chi connectivity index (χ2n) is 7.12. The maximum Gasteiger partial charge on any atom is 0.446 e. The third kappa shape index (κ3) is 9.72. The minimum atomic E-state index is -0.582. The number of nitrogens with one attached hydrogen (secondary N) is 1. The van der Waals surface area contributed by atoms with E-state index in [9.17, 15) is 9.59 Å². The maximum absolute atomic E-state index is 12.0. The van der Waals surface area contributed by atoms with Crippen LogP contribution < -0.4 is 5.43 Å². The van der Waals surface area contributed by atoms with Gasteiger partial charge in [-0.15, -0.1) is 0 Å². The van der Waals surface area contributed by atoms with Crippen LogP contribution in [-0.4, -0.2) is 53.3 Å². The van der Waals surface area contributed by atoms with Crippen molar-refractivity contribution in [1.29, 1.82) is 0 Å². The van der Waals surface area contributed by atoms with Crippen LogP contribution in [0, 0.1) is 0 Å². The molecule has 0 aliphatic rings. The lowest BCUT2D eigenvalue weighted by Gasteiger charge is -2.19. The molecule has 0 radical (unpaired) electrons. The highest BCUT2D eigenvalue weighted by Gasteiger charge is 2.15. The number of carbonyl (C=O) groups is 2. The Morgan fingerprint density at radius 3 is 2.29 bits per heavy atom. The van der Waals surface area contributed by atoms with Crippen LogP contribution in [0.5, 0.6) is 0 Å². The van der Waals surface area contributed by atoms with E-state index in [-0.39, 0.29) is 17.1 Å². The number of rotatable bonds is 7. The van der Waals surface area contributed by atoms with Crippen molar-refractivity contribution in [3.05, 3.63) is 29.8 Å². The smallest absolute Gasteiger partial charge is 0.296 e. The number of hydrogen-bond donors (Lipinski definition) is 1. The van der Waals surface area contributed by atoms with Gasteiger partial charge in [0.05, 0.1) is 5.75 Å². The molecular weight excluding hydrogens is 416 g/mol. The molecular formula is C18H28N4O3S3. The number of benzene rings is 1. The fraction of sp³-hybridized carbons (Fsp3) is 0.500. The topological polar surface area (TPSA) is 74.2 Å². The summed E-state index contributed by atoms with van der Waals surface area (Å²) in [5, 5.41) is 5.82. The van der Waals surface area contributed by atoms with Crippen LogP contribution in [0.25, 0.3) is 0 Å². The Balaban J connectivity index is 2.41. The van der Waals surface area contributed by atoms with Gasteiger partial charge in [0, 0.05) is 37.0 Å². The lowest BCUT2D eigenvalue weighted by Crippen LogP contribution is -2.37. The highest BCUT2D eigenvalue weighted by molar-refractivity contribution is 8.75. The van der Waals surface area contributed by atoms with E-state index in [1.807, 2.05) is 12.1 Å². The first-order chi connectivity index (χ1) is 13.0. The molecule has 0 saturated heterocycles. The van der Waals surface area contributed by atoms with Crippen LogP contribution in [0.3, 0.4) is 0 Å². The van der Waals surface area contributed by atoms with Crippen molar-refractivity contribution in [1.82, 2.24) is 14.7 Å². The average molecular weight is 445 g/mol. The molecule has 0 aliphatic carbocycles. The van der Waals surface area contributed by atoms with E-state index in [4.69, 9.17) is 4.84 Å². The molecule has 1 rings (SSSR count). The monoisotopic (exact) mass is 444 g/mol. The van der Waals surface area contributed by atoms with Gasteiger partial charge in [-0.2, -0.15) is 0 Å². The molecule has 0 atom stereocenters. The molecule has 0 bridgehead atoms. The largest absolute Gasteiger partial charge is 0.446 e. The van der Waals surface area contributed by atoms with Crippen molar-refractivity contribution in [2.75, 3.05) is 26.9 Å². The van der Waals surface area contributed by atoms with Gasteiger partial charge in [-0.3, -0.25) is 15.1 Å². The Hall–Kier alpha value is -1.36. The lowest BCUT2D eigenvalue weighted by atomic mass is 9.87. The van der Waals surface area contributed by atoms with Crippen molar-refractivity contribution >= 4 is 50.6 Å². The Morgan fingerprint density at radius 1 is 1.14 bits per heavy atom. The number of hydrazine groups is 1. The van der Waals surface area contributed by atoms with Gasteiger partial charge in [-0.1, -0.05) is 49.8 Å². The summed E-state index contributed by atoms with van der Waals surface area (Å²) >= 11 is 1.20. The zero-order valence-electron chi connectivity index (χ0n) is 17.3. The summed E-state index contributed by atoms with van der Waals surface area (Å²) in [5.41, 5.74) is 3.99. The molecule has 0 fully saturated rings. The number of hydrogen-bond acceptors (Lipinski definition) is 8. The molecule has 10 heteroatoms. The van der Waals surface area contributed by atoms with E-state index >= 15 is 0 Å². The first-order valence-corrected chi connectivity index (χ1v) is 11.6. The summed E-state index contributed by atoms with van der Waals surface area (Å²) < 4.78 is 1.36. The first-order valence-electron chi connectivity index (χ1n) is 8.53. The van der Waals surface area contributed by atoms with Crippen LogP contribution in [0.4, 0.5) is 4.79 Å². The van der Waals surface area contributed by atoms with Gasteiger partial charge in [0.2, 0.25) is 5.91 Å². The molecule has 0 saturated carbocycles. The van der Waals surface area contributed by atoms with Crippen LogP contribution in [0.1, 0.15) is 33.3 Å². The highest BCUT2D eigenvalue weighted by Crippen LogP contribution is 2.34. The average Bonchev–Trinajstić information content (AvgIpc) is 2.61. The summed E-state index contributed by atoms with van der Waals surface area (Å²) in [6.07, 6.45) is -0.582. The lowest BCUT2D eigenvalue weighted by molar-refractivity contribution is -0.122. The molecule has 0 aromatic heterocycles. The number of carbonyl (C=O) groups excluding carboxylic acids is 2. The maximum atomic E-state index is 12.0. The van der Waals surface area contributed by atoms with Gasteiger partial charge in [0.15, 0.2) is 0 Å². The molecule has 7 nitrogen and oxygen atoms in total. The third-order valence-corrected chi connectivity index (χ3v) is 6.52. The van der Waals surface area contributed by atoms with Crippen molar-refractivity contribution in [3.63, 3.8) is 0 Å². The fourth-order valence-electron chi connectivity index (χ4n) is 1.78.